The van der Waals surface area contributed by atoms with E-state index in [4.69, 9.17) is 0 Å². The zero-order valence-electron chi connectivity index (χ0n) is 27.0. The molecule has 5 aromatic heterocycles. The summed E-state index contributed by atoms with van der Waals surface area (Å²) in [6.07, 6.45) is 6.85. The molecule has 0 amide bonds. The number of rotatable bonds is 6. The summed E-state index contributed by atoms with van der Waals surface area (Å²) in [4.78, 5) is 32.4. The normalized spacial score (nSPS) is 9.80. The van der Waals surface area contributed by atoms with Crippen molar-refractivity contribution in [3.05, 3.63) is 193 Å². The summed E-state index contributed by atoms with van der Waals surface area (Å²) in [7, 11) is 0. The van der Waals surface area contributed by atoms with Crippen molar-refractivity contribution < 1.29 is 41.5 Å². The van der Waals surface area contributed by atoms with Crippen LogP contribution >= 0.6 is 0 Å². The van der Waals surface area contributed by atoms with Crippen LogP contribution in [0.4, 0.5) is 5.69 Å². The summed E-state index contributed by atoms with van der Waals surface area (Å²) < 4.78 is 0. The minimum Gasteiger partial charge on any atom is -0.295 e. The number of pyridine rings is 5. The maximum absolute atomic E-state index is 11.1. The molecule has 10 heteroatoms. The molecule has 8 aromatic rings. The first-order valence-electron chi connectivity index (χ1n) is 15.4. The van der Waals surface area contributed by atoms with Crippen LogP contribution < -0.4 is 0 Å². The standard InChI is InChI=1S/C21H14N2.C15H10N4O2.C5H5.Fe.Ru/c1-2-8-16(7-1)17-13-18(20-9-3-5-11-22-20)15-19(14-17)21-10-4-6-12-23-21;20-19(21)11-9-14(12-5-1-3-7-16-12)18-15(10-11)13-6-2-4-8-17-13;1-2-4-5-3-1;;/h1-14H;1-10H;1-5H;;/q-2;;-1;2*+2. The minimum absolute atomic E-state index is 0. The second-order valence-electron chi connectivity index (χ2n) is 10.5. The number of hydrogen-bond acceptors (Lipinski definition) is 7. The van der Waals surface area contributed by atoms with Crippen LogP contribution in [0.3, 0.4) is 0 Å². The Morgan fingerprint density at radius 3 is 1.35 bits per heavy atom. The van der Waals surface area contributed by atoms with Crippen molar-refractivity contribution in [3.63, 3.8) is 0 Å². The molecular formula is C41H29FeN6O2Ru+. The quantitative estimate of drug-likeness (QED) is 0.0715. The maximum Gasteiger partial charge on any atom is 2.00 e. The van der Waals surface area contributed by atoms with Crippen LogP contribution in [0.25, 0.3) is 56.4 Å². The van der Waals surface area contributed by atoms with Gasteiger partial charge in [-0.25, -0.2) is 17.1 Å². The van der Waals surface area contributed by atoms with E-state index in [2.05, 4.69) is 55.3 Å². The van der Waals surface area contributed by atoms with E-state index in [0.717, 1.165) is 28.1 Å². The SMILES string of the molecule is O=[N+]([O-])c1cc(-c2ccccn2)nc(-c2ccccn2)c1.[Fe+2].[Ru+2].[c-]1c(-c2ccccn2)cc(-[c-]2cccc2)cc1-c1ccccn1.c1cc[cH-]c1. The van der Waals surface area contributed by atoms with E-state index in [1.54, 1.807) is 49.1 Å². The molecule has 0 aliphatic carbocycles. The van der Waals surface area contributed by atoms with E-state index in [9.17, 15) is 10.1 Å². The predicted molar refractivity (Wildman–Crippen MR) is 192 cm³/mol. The molecule has 0 fully saturated rings. The number of benzene rings is 1. The number of hydrogen-bond donors (Lipinski definition) is 0. The average molecular weight is 795 g/mol. The fourth-order valence-corrected chi connectivity index (χ4v) is 4.86. The molecule has 51 heavy (non-hydrogen) atoms. The molecule has 0 N–H and O–H groups in total. The Kier molecular flexibility index (Phi) is 14.5. The van der Waals surface area contributed by atoms with Crippen molar-refractivity contribution in [2.75, 3.05) is 0 Å². The van der Waals surface area contributed by atoms with Gasteiger partial charge in [-0.2, -0.15) is 30.3 Å². The van der Waals surface area contributed by atoms with E-state index in [-0.39, 0.29) is 42.2 Å². The van der Waals surface area contributed by atoms with E-state index in [0.29, 0.717) is 22.8 Å². The van der Waals surface area contributed by atoms with Crippen molar-refractivity contribution in [2.24, 2.45) is 0 Å². The van der Waals surface area contributed by atoms with Gasteiger partial charge in [-0.3, -0.25) is 30.1 Å². The van der Waals surface area contributed by atoms with Gasteiger partial charge in [0.2, 0.25) is 0 Å². The number of aromatic nitrogens is 5. The molecule has 8 rings (SSSR count). The van der Waals surface area contributed by atoms with Crippen molar-refractivity contribution >= 4 is 5.69 Å². The molecule has 0 bridgehead atoms. The first-order valence-corrected chi connectivity index (χ1v) is 15.4. The summed E-state index contributed by atoms with van der Waals surface area (Å²) in [5.74, 6) is 0. The van der Waals surface area contributed by atoms with Crippen molar-refractivity contribution in [1.82, 2.24) is 24.9 Å². The van der Waals surface area contributed by atoms with Crippen LogP contribution in [0.15, 0.2) is 176 Å². The van der Waals surface area contributed by atoms with Crippen LogP contribution in [0.5, 0.6) is 0 Å². The van der Waals surface area contributed by atoms with Gasteiger partial charge in [0.1, 0.15) is 0 Å². The first kappa shape index (κ1) is 38.0. The van der Waals surface area contributed by atoms with Gasteiger partial charge in [0, 0.05) is 48.3 Å². The zero-order valence-corrected chi connectivity index (χ0v) is 29.8. The smallest absolute Gasteiger partial charge is 0.295 e. The summed E-state index contributed by atoms with van der Waals surface area (Å²) in [6.45, 7) is 0. The minimum atomic E-state index is -0.444. The summed E-state index contributed by atoms with van der Waals surface area (Å²) in [6, 6.07) is 51.4. The third-order valence-corrected chi connectivity index (χ3v) is 7.18. The summed E-state index contributed by atoms with van der Waals surface area (Å²) >= 11 is 0. The van der Waals surface area contributed by atoms with Gasteiger partial charge < -0.3 is 0 Å². The average Bonchev–Trinajstić information content (AvgIpc) is 3.95. The number of nitro groups is 1. The fraction of sp³-hybridized carbons (Fsp3) is 0. The van der Waals surface area contributed by atoms with Gasteiger partial charge in [-0.15, -0.1) is 35.9 Å². The van der Waals surface area contributed by atoms with Crippen LogP contribution in [0, 0.1) is 16.2 Å². The third kappa shape index (κ3) is 10.6. The predicted octanol–water partition coefficient (Wildman–Crippen LogP) is 9.51. The molecule has 250 valence electrons. The monoisotopic (exact) mass is 795 g/mol. The molecule has 0 aliphatic rings. The van der Waals surface area contributed by atoms with Crippen LogP contribution in [-0.2, 0) is 36.5 Å². The zero-order chi connectivity index (χ0) is 33.7. The van der Waals surface area contributed by atoms with E-state index < -0.39 is 4.92 Å². The maximum atomic E-state index is 11.1. The molecule has 8 nitrogen and oxygen atoms in total. The molecular weight excluding hydrogens is 765 g/mol. The molecule has 0 aliphatic heterocycles. The van der Waals surface area contributed by atoms with Crippen LogP contribution in [0.2, 0.25) is 0 Å². The number of nitrogens with zero attached hydrogens (tertiary/aromatic N) is 6. The largest absolute Gasteiger partial charge is 2.00 e. The van der Waals surface area contributed by atoms with Crippen LogP contribution in [0.1, 0.15) is 0 Å². The summed E-state index contributed by atoms with van der Waals surface area (Å²) in [5, 5.41) is 11.1. The Balaban J connectivity index is 0.000000195. The molecule has 0 spiro atoms. The molecule has 0 saturated carbocycles. The fourth-order valence-electron chi connectivity index (χ4n) is 4.86. The Hall–Kier alpha value is -5.79. The van der Waals surface area contributed by atoms with Gasteiger partial charge in [0.05, 0.1) is 27.7 Å². The Labute approximate surface area is 319 Å². The van der Waals surface area contributed by atoms with Crippen molar-refractivity contribution in [2.45, 2.75) is 0 Å². The first-order chi connectivity index (χ1) is 24.1. The third-order valence-electron chi connectivity index (χ3n) is 7.18. The Bertz CT molecular complexity index is 2050. The van der Waals surface area contributed by atoms with Gasteiger partial charge in [0.25, 0.3) is 5.69 Å². The molecule has 0 saturated heterocycles. The Morgan fingerprint density at radius 1 is 0.569 bits per heavy atom. The second-order valence-corrected chi connectivity index (χ2v) is 10.5. The van der Waals surface area contributed by atoms with Gasteiger partial charge in [-0.1, -0.05) is 53.1 Å². The second kappa shape index (κ2) is 19.4. The van der Waals surface area contributed by atoms with E-state index >= 15 is 0 Å². The molecule has 0 atom stereocenters. The van der Waals surface area contributed by atoms with Gasteiger partial charge in [-0.05, 0) is 36.4 Å². The molecule has 5 heterocycles. The van der Waals surface area contributed by atoms with Crippen LogP contribution in [-0.4, -0.2) is 29.8 Å². The van der Waals surface area contributed by atoms with Crippen molar-refractivity contribution in [3.8, 4) is 56.4 Å². The molecule has 0 radical (unpaired) electrons. The molecule has 3 aromatic carbocycles. The van der Waals surface area contributed by atoms with E-state index in [1.807, 2.05) is 91.0 Å². The topological polar surface area (TPSA) is 108 Å². The Morgan fingerprint density at radius 2 is 1.00 bits per heavy atom. The van der Waals surface area contributed by atoms with Crippen molar-refractivity contribution in [1.29, 1.82) is 0 Å². The summed E-state index contributed by atoms with van der Waals surface area (Å²) in [5.41, 5.74) is 8.15. The van der Waals surface area contributed by atoms with Gasteiger partial charge >= 0.3 is 36.5 Å². The molecule has 0 unspecified atom stereocenters. The van der Waals surface area contributed by atoms with Gasteiger partial charge in [0.15, 0.2) is 0 Å². The van der Waals surface area contributed by atoms with E-state index in [1.165, 1.54) is 17.7 Å².